The Morgan fingerprint density at radius 2 is 1.83 bits per heavy atom. The molecule has 0 N–H and O–H groups in total. The molecule has 5 rings (SSSR count). The van der Waals surface area contributed by atoms with E-state index in [4.69, 9.17) is 0 Å². The van der Waals surface area contributed by atoms with Crippen molar-refractivity contribution < 1.29 is 8.78 Å². The predicted octanol–water partition coefficient (Wildman–Crippen LogP) is 4.35. The lowest BCUT2D eigenvalue weighted by atomic mass is 9.99. The molecule has 4 nitrogen and oxygen atoms in total. The van der Waals surface area contributed by atoms with Crippen molar-refractivity contribution in [2.24, 2.45) is 0 Å². The summed E-state index contributed by atoms with van der Waals surface area (Å²) < 4.78 is 31.0. The van der Waals surface area contributed by atoms with E-state index in [0.29, 0.717) is 16.7 Å². The van der Waals surface area contributed by atoms with E-state index in [0.717, 1.165) is 23.7 Å². The van der Waals surface area contributed by atoms with E-state index in [9.17, 15) is 13.6 Å². The summed E-state index contributed by atoms with van der Waals surface area (Å²) in [4.78, 5) is 20.3. The molecule has 2 heterocycles. The van der Waals surface area contributed by atoms with Crippen LogP contribution in [0.2, 0.25) is 0 Å². The van der Waals surface area contributed by atoms with Crippen molar-refractivity contribution in [3.8, 4) is 11.1 Å². The summed E-state index contributed by atoms with van der Waals surface area (Å²) in [5, 5.41) is 0. The monoisotopic (exact) mass is 387 g/mol. The van der Waals surface area contributed by atoms with Crippen molar-refractivity contribution in [1.29, 1.82) is 0 Å². The van der Waals surface area contributed by atoms with Crippen LogP contribution in [0.4, 0.5) is 8.78 Å². The lowest BCUT2D eigenvalue weighted by Gasteiger charge is -2.12. The van der Waals surface area contributed by atoms with Crippen LogP contribution in [-0.2, 0) is 13.0 Å². The molecule has 0 radical (unpaired) electrons. The zero-order valence-electron chi connectivity index (χ0n) is 15.3. The number of halogens is 2. The zero-order chi connectivity index (χ0) is 20.0. The Morgan fingerprint density at radius 1 is 1.00 bits per heavy atom. The van der Waals surface area contributed by atoms with Gasteiger partial charge in [-0.1, -0.05) is 24.3 Å². The van der Waals surface area contributed by atoms with Crippen LogP contribution in [-0.4, -0.2) is 14.5 Å². The minimum atomic E-state index is -0.697. The van der Waals surface area contributed by atoms with Gasteiger partial charge in [0, 0.05) is 11.8 Å². The Hall–Kier alpha value is -3.67. The van der Waals surface area contributed by atoms with Gasteiger partial charge in [-0.05, 0) is 59.0 Å². The summed E-state index contributed by atoms with van der Waals surface area (Å²) in [5.74, 6) is -1.39. The molecule has 2 aromatic carbocycles. The number of pyridine rings is 1. The van der Waals surface area contributed by atoms with Crippen molar-refractivity contribution in [2.45, 2.75) is 13.0 Å². The first kappa shape index (κ1) is 17.4. The van der Waals surface area contributed by atoms with Gasteiger partial charge in [-0.15, -0.1) is 0 Å². The smallest absolute Gasteiger partial charge is 0.269 e. The van der Waals surface area contributed by atoms with Crippen LogP contribution < -0.4 is 5.56 Å². The maximum Gasteiger partial charge on any atom is 0.269 e. The van der Waals surface area contributed by atoms with E-state index >= 15 is 0 Å². The van der Waals surface area contributed by atoms with E-state index in [1.807, 2.05) is 24.3 Å². The molecule has 1 aliphatic carbocycles. The number of nitrogens with zero attached hydrogens (tertiary/aromatic N) is 3. The van der Waals surface area contributed by atoms with Gasteiger partial charge in [0.1, 0.15) is 11.6 Å². The standard InChI is InChI=1S/C23H15F2N3O/c24-19-10-17(16-7-6-14-3-1-4-15(14)9-16)11-20(25)18(19)13-28-21-5-2-8-26-23(21)27-12-22(28)29/h1-2,4-12H,3,13H2. The van der Waals surface area contributed by atoms with Crippen LogP contribution in [0, 0.1) is 11.6 Å². The second kappa shape index (κ2) is 6.74. The Morgan fingerprint density at radius 3 is 2.66 bits per heavy atom. The number of hydrogen-bond donors (Lipinski definition) is 0. The van der Waals surface area contributed by atoms with Gasteiger partial charge in [0.25, 0.3) is 5.56 Å². The van der Waals surface area contributed by atoms with Crippen molar-refractivity contribution in [3.63, 3.8) is 0 Å². The van der Waals surface area contributed by atoms with E-state index in [-0.39, 0.29) is 12.1 Å². The van der Waals surface area contributed by atoms with E-state index in [1.54, 1.807) is 18.3 Å². The SMILES string of the molecule is O=c1cnc2ncccc2n1Cc1c(F)cc(-c2ccc3c(c2)C=CC3)cc1F. The Balaban J connectivity index is 1.57. The van der Waals surface area contributed by atoms with Crippen molar-refractivity contribution in [1.82, 2.24) is 14.5 Å². The predicted molar refractivity (Wildman–Crippen MR) is 107 cm³/mol. The largest absolute Gasteiger partial charge is 0.299 e. The van der Waals surface area contributed by atoms with Crippen LogP contribution in [0.25, 0.3) is 28.4 Å². The summed E-state index contributed by atoms with van der Waals surface area (Å²) in [6, 6.07) is 11.7. The minimum Gasteiger partial charge on any atom is -0.299 e. The van der Waals surface area contributed by atoms with Gasteiger partial charge in [-0.25, -0.2) is 18.7 Å². The third-order valence-electron chi connectivity index (χ3n) is 5.19. The Kier molecular flexibility index (Phi) is 4.05. The normalized spacial score (nSPS) is 12.5. The fraction of sp³-hybridized carbons (Fsp3) is 0.0870. The van der Waals surface area contributed by atoms with Crippen LogP contribution in [0.5, 0.6) is 0 Å². The quantitative estimate of drug-likeness (QED) is 0.525. The van der Waals surface area contributed by atoms with Gasteiger partial charge >= 0.3 is 0 Å². The highest BCUT2D eigenvalue weighted by atomic mass is 19.1. The summed E-state index contributed by atoms with van der Waals surface area (Å²) in [6.07, 6.45) is 7.60. The van der Waals surface area contributed by atoms with E-state index < -0.39 is 17.2 Å². The summed E-state index contributed by atoms with van der Waals surface area (Å²) in [7, 11) is 0. The first-order valence-corrected chi connectivity index (χ1v) is 9.18. The van der Waals surface area contributed by atoms with Crippen molar-refractivity contribution in [2.75, 3.05) is 0 Å². The number of fused-ring (bicyclic) bond motifs is 2. The van der Waals surface area contributed by atoms with Crippen molar-refractivity contribution in [3.05, 3.63) is 99.6 Å². The van der Waals surface area contributed by atoms with E-state index in [2.05, 4.69) is 16.0 Å². The van der Waals surface area contributed by atoms with Crippen LogP contribution >= 0.6 is 0 Å². The second-order valence-corrected chi connectivity index (χ2v) is 6.97. The maximum atomic E-state index is 14.9. The third kappa shape index (κ3) is 3.02. The average molecular weight is 387 g/mol. The van der Waals surface area contributed by atoms with Gasteiger partial charge < -0.3 is 0 Å². The molecule has 0 atom stereocenters. The molecule has 0 aliphatic heterocycles. The molecule has 4 aromatic rings. The lowest BCUT2D eigenvalue weighted by Crippen LogP contribution is -2.22. The first-order valence-electron chi connectivity index (χ1n) is 9.18. The molecule has 0 fully saturated rings. The molecule has 29 heavy (non-hydrogen) atoms. The summed E-state index contributed by atoms with van der Waals surface area (Å²) in [6.45, 7) is -0.242. The first-order chi connectivity index (χ1) is 14.1. The maximum absolute atomic E-state index is 14.9. The van der Waals surface area contributed by atoms with Gasteiger partial charge in [0.15, 0.2) is 5.65 Å². The molecular weight excluding hydrogens is 372 g/mol. The lowest BCUT2D eigenvalue weighted by molar-refractivity contribution is 0.545. The molecule has 0 amide bonds. The molecule has 142 valence electrons. The zero-order valence-corrected chi connectivity index (χ0v) is 15.3. The fourth-order valence-corrected chi connectivity index (χ4v) is 3.67. The van der Waals surface area contributed by atoms with E-state index in [1.165, 1.54) is 22.3 Å². The highest BCUT2D eigenvalue weighted by Gasteiger charge is 2.16. The molecule has 1 aliphatic rings. The van der Waals surface area contributed by atoms with Crippen LogP contribution in [0.1, 0.15) is 16.7 Å². The van der Waals surface area contributed by atoms with Crippen LogP contribution in [0.15, 0.2) is 65.7 Å². The van der Waals surface area contributed by atoms with Gasteiger partial charge in [-0.3, -0.25) is 9.36 Å². The Labute approximate surface area is 164 Å². The number of rotatable bonds is 3. The third-order valence-corrected chi connectivity index (χ3v) is 5.19. The Bertz CT molecular complexity index is 1340. The topological polar surface area (TPSA) is 47.8 Å². The molecule has 6 heteroatoms. The van der Waals surface area contributed by atoms with Gasteiger partial charge in [-0.2, -0.15) is 0 Å². The molecule has 0 saturated carbocycles. The molecular formula is C23H15F2N3O. The molecule has 0 spiro atoms. The van der Waals surface area contributed by atoms with Crippen LogP contribution in [0.3, 0.4) is 0 Å². The highest BCUT2D eigenvalue weighted by Crippen LogP contribution is 2.29. The average Bonchev–Trinajstić information content (AvgIpc) is 3.19. The number of benzene rings is 2. The highest BCUT2D eigenvalue weighted by molar-refractivity contribution is 5.72. The molecule has 2 aromatic heterocycles. The molecule has 0 unspecified atom stereocenters. The minimum absolute atomic E-state index is 0.173. The van der Waals surface area contributed by atoms with Crippen molar-refractivity contribution >= 4 is 17.2 Å². The summed E-state index contributed by atoms with van der Waals surface area (Å²) >= 11 is 0. The fourth-order valence-electron chi connectivity index (χ4n) is 3.67. The summed E-state index contributed by atoms with van der Waals surface area (Å²) in [5.41, 5.74) is 3.62. The molecule has 0 bridgehead atoms. The number of allylic oxidation sites excluding steroid dienone is 1. The number of aromatic nitrogens is 3. The number of hydrogen-bond acceptors (Lipinski definition) is 3. The molecule has 0 saturated heterocycles. The van der Waals surface area contributed by atoms with Gasteiger partial charge in [0.2, 0.25) is 0 Å². The second-order valence-electron chi connectivity index (χ2n) is 6.97. The van der Waals surface area contributed by atoms with Gasteiger partial charge in [0.05, 0.1) is 18.3 Å².